The zero-order valence-corrected chi connectivity index (χ0v) is 20.5. The standard InChI is InChI=1S/C21H20Cl2N6OS2/c1-3-29-18(10-14-5-4-8-28(14)2)26-27-21(29)32-12-19(30)25-20-24-17(11-31-20)15-7-6-13(22)9-16(15)23/h4-9,11H,3,10,12H2,1-2H3,(H,24,25,30). The Morgan fingerprint density at radius 1 is 1.25 bits per heavy atom. The number of carbonyl (C=O) groups excluding carboxylic acids is 1. The van der Waals surface area contributed by atoms with Crippen LogP contribution in [0.4, 0.5) is 5.13 Å². The van der Waals surface area contributed by atoms with Crippen LogP contribution in [0, 0.1) is 0 Å². The van der Waals surface area contributed by atoms with E-state index in [2.05, 4.69) is 31.1 Å². The van der Waals surface area contributed by atoms with Gasteiger partial charge in [-0.05, 0) is 37.3 Å². The molecular weight excluding hydrogens is 487 g/mol. The minimum atomic E-state index is -0.159. The molecular formula is C21H20Cl2N6OS2. The van der Waals surface area contributed by atoms with Gasteiger partial charge in [0, 0.05) is 47.9 Å². The second-order valence-corrected chi connectivity index (χ2v) is 9.57. The summed E-state index contributed by atoms with van der Waals surface area (Å²) in [6, 6.07) is 9.31. The molecule has 0 radical (unpaired) electrons. The molecule has 32 heavy (non-hydrogen) atoms. The van der Waals surface area contributed by atoms with Crippen molar-refractivity contribution in [3.05, 3.63) is 63.5 Å². The molecule has 1 amide bonds. The molecule has 0 atom stereocenters. The van der Waals surface area contributed by atoms with Gasteiger partial charge >= 0.3 is 0 Å². The molecule has 0 aliphatic rings. The number of rotatable bonds is 8. The summed E-state index contributed by atoms with van der Waals surface area (Å²) in [5, 5.41) is 15.6. The van der Waals surface area contributed by atoms with Crippen LogP contribution in [0.25, 0.3) is 11.3 Å². The Labute approximate surface area is 203 Å². The zero-order valence-electron chi connectivity index (χ0n) is 17.4. The molecule has 3 heterocycles. The summed E-state index contributed by atoms with van der Waals surface area (Å²) in [6.07, 6.45) is 2.69. The lowest BCUT2D eigenvalue weighted by Gasteiger charge is -2.08. The number of amides is 1. The number of thioether (sulfide) groups is 1. The molecule has 11 heteroatoms. The van der Waals surface area contributed by atoms with E-state index in [0.29, 0.717) is 27.3 Å². The monoisotopic (exact) mass is 506 g/mol. The summed E-state index contributed by atoms with van der Waals surface area (Å²) < 4.78 is 4.10. The van der Waals surface area contributed by atoms with Crippen molar-refractivity contribution in [1.82, 2.24) is 24.3 Å². The lowest BCUT2D eigenvalue weighted by molar-refractivity contribution is -0.113. The van der Waals surface area contributed by atoms with Crippen LogP contribution in [0.15, 0.2) is 47.1 Å². The summed E-state index contributed by atoms with van der Waals surface area (Å²) in [4.78, 5) is 16.9. The summed E-state index contributed by atoms with van der Waals surface area (Å²) in [5.74, 6) is 0.924. The van der Waals surface area contributed by atoms with Gasteiger partial charge in [0.2, 0.25) is 5.91 Å². The summed E-state index contributed by atoms with van der Waals surface area (Å²) >= 11 is 14.9. The van der Waals surface area contributed by atoms with E-state index in [1.165, 1.54) is 23.1 Å². The van der Waals surface area contributed by atoms with Crippen molar-refractivity contribution < 1.29 is 4.79 Å². The van der Waals surface area contributed by atoms with Crippen molar-refractivity contribution in [3.8, 4) is 11.3 Å². The van der Waals surface area contributed by atoms with E-state index in [9.17, 15) is 4.79 Å². The van der Waals surface area contributed by atoms with Gasteiger partial charge in [-0.2, -0.15) is 0 Å². The van der Waals surface area contributed by atoms with E-state index in [4.69, 9.17) is 23.2 Å². The summed E-state index contributed by atoms with van der Waals surface area (Å²) in [6.45, 7) is 2.77. The fraction of sp³-hybridized carbons (Fsp3) is 0.238. The number of benzene rings is 1. The lowest BCUT2D eigenvalue weighted by atomic mass is 10.2. The quantitative estimate of drug-likeness (QED) is 0.324. The third-order valence-electron chi connectivity index (χ3n) is 4.79. The maximum absolute atomic E-state index is 12.5. The van der Waals surface area contributed by atoms with Crippen molar-refractivity contribution in [2.24, 2.45) is 7.05 Å². The van der Waals surface area contributed by atoms with Crippen LogP contribution in [0.3, 0.4) is 0 Å². The first-order valence-electron chi connectivity index (χ1n) is 9.80. The number of carbonyl (C=O) groups is 1. The molecule has 0 aliphatic heterocycles. The molecule has 7 nitrogen and oxygen atoms in total. The van der Waals surface area contributed by atoms with Crippen molar-refractivity contribution in [3.63, 3.8) is 0 Å². The molecule has 4 rings (SSSR count). The smallest absolute Gasteiger partial charge is 0.236 e. The largest absolute Gasteiger partial charge is 0.354 e. The number of nitrogens with zero attached hydrogens (tertiary/aromatic N) is 5. The molecule has 0 aliphatic carbocycles. The molecule has 0 unspecified atom stereocenters. The van der Waals surface area contributed by atoms with E-state index in [-0.39, 0.29) is 11.7 Å². The number of hydrogen-bond donors (Lipinski definition) is 1. The molecule has 166 valence electrons. The summed E-state index contributed by atoms with van der Waals surface area (Å²) in [7, 11) is 2.01. The van der Waals surface area contributed by atoms with E-state index >= 15 is 0 Å². The first kappa shape index (κ1) is 22.8. The Hall–Kier alpha value is -2.33. The zero-order chi connectivity index (χ0) is 22.7. The van der Waals surface area contributed by atoms with E-state index < -0.39 is 0 Å². The van der Waals surface area contributed by atoms with Crippen LogP contribution in [-0.4, -0.2) is 36.0 Å². The SMILES string of the molecule is CCn1c(Cc2cccn2C)nnc1SCC(=O)Nc1nc(-c2ccc(Cl)cc2Cl)cs1. The van der Waals surface area contributed by atoms with E-state index in [1.807, 2.05) is 42.2 Å². The number of nitrogens with one attached hydrogen (secondary N) is 1. The molecule has 1 aromatic carbocycles. The normalized spacial score (nSPS) is 11.1. The number of halogens is 2. The number of aryl methyl sites for hydroxylation is 1. The maximum atomic E-state index is 12.5. The third kappa shape index (κ3) is 5.17. The molecule has 0 spiro atoms. The van der Waals surface area contributed by atoms with Crippen molar-refractivity contribution >= 4 is 57.3 Å². The minimum absolute atomic E-state index is 0.159. The second-order valence-electron chi connectivity index (χ2n) is 6.93. The number of aromatic nitrogens is 5. The van der Waals surface area contributed by atoms with Gasteiger partial charge in [0.25, 0.3) is 0 Å². The second kappa shape index (κ2) is 10.1. The molecule has 0 saturated heterocycles. The van der Waals surface area contributed by atoms with Crippen molar-refractivity contribution in [1.29, 1.82) is 0 Å². The van der Waals surface area contributed by atoms with Gasteiger partial charge in [0.15, 0.2) is 10.3 Å². The van der Waals surface area contributed by atoms with Gasteiger partial charge in [0.1, 0.15) is 5.82 Å². The predicted octanol–water partition coefficient (Wildman–Crippen LogP) is 5.39. The van der Waals surface area contributed by atoms with Crippen LogP contribution in [-0.2, 0) is 24.8 Å². The predicted molar refractivity (Wildman–Crippen MR) is 131 cm³/mol. The maximum Gasteiger partial charge on any atom is 0.236 e. The van der Waals surface area contributed by atoms with Gasteiger partial charge in [-0.3, -0.25) is 4.79 Å². The van der Waals surface area contributed by atoms with Gasteiger partial charge in [-0.1, -0.05) is 35.0 Å². The van der Waals surface area contributed by atoms with Gasteiger partial charge < -0.3 is 14.5 Å². The van der Waals surface area contributed by atoms with Gasteiger partial charge in [-0.15, -0.1) is 21.5 Å². The van der Waals surface area contributed by atoms with Crippen molar-refractivity contribution in [2.45, 2.75) is 25.0 Å². The van der Waals surface area contributed by atoms with E-state index in [1.54, 1.807) is 12.1 Å². The van der Waals surface area contributed by atoms with Crippen LogP contribution in [0.1, 0.15) is 18.4 Å². The van der Waals surface area contributed by atoms with E-state index in [0.717, 1.165) is 28.8 Å². The minimum Gasteiger partial charge on any atom is -0.354 e. The molecule has 1 N–H and O–H groups in total. The molecule has 0 fully saturated rings. The highest BCUT2D eigenvalue weighted by molar-refractivity contribution is 7.99. The van der Waals surface area contributed by atoms with Crippen LogP contribution in [0.2, 0.25) is 10.0 Å². The first-order valence-corrected chi connectivity index (χ1v) is 12.4. The fourth-order valence-electron chi connectivity index (χ4n) is 3.15. The van der Waals surface area contributed by atoms with Crippen LogP contribution >= 0.6 is 46.3 Å². The number of hydrogen-bond acceptors (Lipinski definition) is 6. The summed E-state index contributed by atoms with van der Waals surface area (Å²) in [5.41, 5.74) is 2.61. The lowest BCUT2D eigenvalue weighted by Crippen LogP contribution is -2.14. The third-order valence-corrected chi connectivity index (χ3v) is 7.06. The highest BCUT2D eigenvalue weighted by Gasteiger charge is 2.16. The Morgan fingerprint density at radius 3 is 2.81 bits per heavy atom. The Bertz CT molecular complexity index is 1250. The average molecular weight is 507 g/mol. The van der Waals surface area contributed by atoms with Crippen molar-refractivity contribution in [2.75, 3.05) is 11.1 Å². The fourth-order valence-corrected chi connectivity index (χ4v) is 5.21. The molecule has 3 aromatic heterocycles. The molecule has 0 bridgehead atoms. The number of thiazole rings is 1. The van der Waals surface area contributed by atoms with Gasteiger partial charge in [-0.25, -0.2) is 4.98 Å². The topological polar surface area (TPSA) is 77.6 Å². The van der Waals surface area contributed by atoms with Gasteiger partial charge in [0.05, 0.1) is 16.5 Å². The van der Waals surface area contributed by atoms with Crippen LogP contribution < -0.4 is 5.32 Å². The molecule has 4 aromatic rings. The first-order chi connectivity index (χ1) is 15.4. The highest BCUT2D eigenvalue weighted by Crippen LogP contribution is 2.32. The molecule has 0 saturated carbocycles. The average Bonchev–Trinajstić information content (AvgIpc) is 3.48. The van der Waals surface area contributed by atoms with Crippen LogP contribution in [0.5, 0.6) is 0 Å². The number of anilines is 1. The Morgan fingerprint density at radius 2 is 2.09 bits per heavy atom. The Balaban J connectivity index is 1.37. The highest BCUT2D eigenvalue weighted by atomic mass is 35.5. The Kier molecular flexibility index (Phi) is 7.20.